The van der Waals surface area contributed by atoms with Crippen LogP contribution in [0.1, 0.15) is 25.7 Å². The van der Waals surface area contributed by atoms with Gasteiger partial charge < -0.3 is 5.32 Å². The lowest BCUT2D eigenvalue weighted by Gasteiger charge is -2.21. The van der Waals surface area contributed by atoms with Crippen molar-refractivity contribution in [2.24, 2.45) is 5.92 Å². The molecule has 60 valence electrons. The Kier molecular flexibility index (Phi) is 4.39. The van der Waals surface area contributed by atoms with E-state index in [0.717, 1.165) is 5.92 Å². The van der Waals surface area contributed by atoms with Crippen LogP contribution < -0.4 is 5.32 Å². The Hall–Kier alpha value is 0.440. The van der Waals surface area contributed by atoms with Crippen LogP contribution in [0.3, 0.4) is 0 Å². The molecule has 0 spiro atoms. The number of rotatable bonds is 3. The highest BCUT2D eigenvalue weighted by atomic mass is 79.9. The molecule has 1 fully saturated rings. The zero-order chi connectivity index (χ0) is 7.23. The van der Waals surface area contributed by atoms with Gasteiger partial charge in [0.05, 0.1) is 0 Å². The number of alkyl halides is 1. The van der Waals surface area contributed by atoms with Gasteiger partial charge in [0.15, 0.2) is 0 Å². The van der Waals surface area contributed by atoms with E-state index in [2.05, 4.69) is 21.2 Å². The molecule has 1 rings (SSSR count). The van der Waals surface area contributed by atoms with Crippen molar-refractivity contribution in [2.75, 3.05) is 18.4 Å². The molecule has 0 amide bonds. The van der Waals surface area contributed by atoms with Crippen LogP contribution >= 0.6 is 15.9 Å². The minimum Gasteiger partial charge on any atom is -0.317 e. The van der Waals surface area contributed by atoms with Crippen molar-refractivity contribution in [3.63, 3.8) is 0 Å². The fraction of sp³-hybridized carbons (Fsp3) is 1.00. The predicted molar refractivity (Wildman–Crippen MR) is 48.6 cm³/mol. The quantitative estimate of drug-likeness (QED) is 0.697. The standard InChI is InChI=1S/C8H16BrN/c9-5-1-2-8-3-6-10-7-4-8/h8,10H,1-7H2. The van der Waals surface area contributed by atoms with E-state index in [4.69, 9.17) is 0 Å². The van der Waals surface area contributed by atoms with Crippen molar-refractivity contribution in [3.8, 4) is 0 Å². The van der Waals surface area contributed by atoms with E-state index < -0.39 is 0 Å². The maximum atomic E-state index is 3.46. The molecule has 1 N–H and O–H groups in total. The monoisotopic (exact) mass is 205 g/mol. The molecule has 1 nitrogen and oxygen atoms in total. The molecule has 1 saturated heterocycles. The van der Waals surface area contributed by atoms with Gasteiger partial charge in [-0.2, -0.15) is 0 Å². The van der Waals surface area contributed by atoms with Gasteiger partial charge in [0.1, 0.15) is 0 Å². The second-order valence-corrected chi connectivity index (χ2v) is 3.82. The van der Waals surface area contributed by atoms with Crippen LogP contribution in [-0.4, -0.2) is 18.4 Å². The Bertz CT molecular complexity index is 79.3. The molecule has 10 heavy (non-hydrogen) atoms. The summed E-state index contributed by atoms with van der Waals surface area (Å²) >= 11 is 3.46. The summed E-state index contributed by atoms with van der Waals surface area (Å²) in [6, 6.07) is 0. The first-order chi connectivity index (χ1) is 4.93. The van der Waals surface area contributed by atoms with Crippen molar-refractivity contribution in [3.05, 3.63) is 0 Å². The van der Waals surface area contributed by atoms with Crippen molar-refractivity contribution in [2.45, 2.75) is 25.7 Å². The maximum Gasteiger partial charge on any atom is 0.00314 e. The average Bonchev–Trinajstić information content (AvgIpc) is 2.03. The Morgan fingerprint density at radius 2 is 2.00 bits per heavy atom. The van der Waals surface area contributed by atoms with Crippen LogP contribution in [0, 0.1) is 5.92 Å². The summed E-state index contributed by atoms with van der Waals surface area (Å²) in [4.78, 5) is 0. The SMILES string of the molecule is BrCCCC1CCNCC1. The van der Waals surface area contributed by atoms with E-state index in [0.29, 0.717) is 0 Å². The third-order valence-corrected chi connectivity index (χ3v) is 2.77. The van der Waals surface area contributed by atoms with Crippen molar-refractivity contribution in [1.29, 1.82) is 0 Å². The molecule has 0 aromatic rings. The van der Waals surface area contributed by atoms with Gasteiger partial charge in [-0.15, -0.1) is 0 Å². The first kappa shape index (κ1) is 8.54. The van der Waals surface area contributed by atoms with Crippen molar-refractivity contribution >= 4 is 15.9 Å². The molecular formula is C8H16BrN. The molecule has 1 heterocycles. The number of piperidine rings is 1. The number of nitrogens with one attached hydrogen (secondary N) is 1. The van der Waals surface area contributed by atoms with E-state index in [9.17, 15) is 0 Å². The summed E-state index contributed by atoms with van der Waals surface area (Å²) in [6.45, 7) is 2.49. The third kappa shape index (κ3) is 3.02. The Labute approximate surface area is 71.7 Å². The Morgan fingerprint density at radius 1 is 1.30 bits per heavy atom. The van der Waals surface area contributed by atoms with Crippen LogP contribution in [0.15, 0.2) is 0 Å². The van der Waals surface area contributed by atoms with Gasteiger partial charge in [-0.1, -0.05) is 15.9 Å². The van der Waals surface area contributed by atoms with E-state index in [1.165, 1.54) is 44.1 Å². The molecule has 0 aromatic heterocycles. The molecule has 1 aliphatic rings. The highest BCUT2D eigenvalue weighted by Gasteiger charge is 2.11. The molecule has 0 radical (unpaired) electrons. The molecule has 0 unspecified atom stereocenters. The third-order valence-electron chi connectivity index (χ3n) is 2.20. The van der Waals surface area contributed by atoms with E-state index >= 15 is 0 Å². The molecule has 0 saturated carbocycles. The first-order valence-electron chi connectivity index (χ1n) is 4.20. The fourth-order valence-corrected chi connectivity index (χ4v) is 1.86. The highest BCUT2D eigenvalue weighted by molar-refractivity contribution is 9.09. The van der Waals surface area contributed by atoms with Gasteiger partial charge in [-0.25, -0.2) is 0 Å². The summed E-state index contributed by atoms with van der Waals surface area (Å²) in [6.07, 6.45) is 5.57. The topological polar surface area (TPSA) is 12.0 Å². The predicted octanol–water partition coefficient (Wildman–Crippen LogP) is 2.16. The van der Waals surface area contributed by atoms with Crippen LogP contribution in [0.25, 0.3) is 0 Å². The molecule has 0 bridgehead atoms. The number of hydrogen-bond acceptors (Lipinski definition) is 1. The minimum absolute atomic E-state index is 1.01. The highest BCUT2D eigenvalue weighted by Crippen LogP contribution is 2.17. The summed E-state index contributed by atoms with van der Waals surface area (Å²) in [5.41, 5.74) is 0. The van der Waals surface area contributed by atoms with Gasteiger partial charge >= 0.3 is 0 Å². The van der Waals surface area contributed by atoms with E-state index in [1.807, 2.05) is 0 Å². The largest absolute Gasteiger partial charge is 0.317 e. The lowest BCUT2D eigenvalue weighted by molar-refractivity contribution is 0.352. The Morgan fingerprint density at radius 3 is 2.60 bits per heavy atom. The molecule has 1 aliphatic heterocycles. The van der Waals surface area contributed by atoms with Crippen LogP contribution in [-0.2, 0) is 0 Å². The molecule has 0 aliphatic carbocycles. The molecular weight excluding hydrogens is 190 g/mol. The lowest BCUT2D eigenvalue weighted by atomic mass is 9.94. The lowest BCUT2D eigenvalue weighted by Crippen LogP contribution is -2.27. The summed E-state index contributed by atoms with van der Waals surface area (Å²) in [5, 5.41) is 4.56. The number of hydrogen-bond donors (Lipinski definition) is 1. The van der Waals surface area contributed by atoms with Crippen molar-refractivity contribution < 1.29 is 0 Å². The zero-order valence-corrected chi connectivity index (χ0v) is 7.99. The molecule has 0 atom stereocenters. The van der Waals surface area contributed by atoms with Gasteiger partial charge in [-0.3, -0.25) is 0 Å². The van der Waals surface area contributed by atoms with Crippen LogP contribution in [0.4, 0.5) is 0 Å². The first-order valence-corrected chi connectivity index (χ1v) is 5.32. The van der Waals surface area contributed by atoms with Crippen LogP contribution in [0.2, 0.25) is 0 Å². The smallest absolute Gasteiger partial charge is 0.00314 e. The van der Waals surface area contributed by atoms with E-state index in [1.54, 1.807) is 0 Å². The van der Waals surface area contributed by atoms with Crippen molar-refractivity contribution in [1.82, 2.24) is 5.32 Å². The summed E-state index contributed by atoms with van der Waals surface area (Å²) < 4.78 is 0. The van der Waals surface area contributed by atoms with Crippen LogP contribution in [0.5, 0.6) is 0 Å². The summed E-state index contributed by atoms with van der Waals surface area (Å²) in [7, 11) is 0. The fourth-order valence-electron chi connectivity index (χ4n) is 1.54. The van der Waals surface area contributed by atoms with Gasteiger partial charge in [0.2, 0.25) is 0 Å². The second kappa shape index (κ2) is 5.14. The van der Waals surface area contributed by atoms with Gasteiger partial charge in [-0.05, 0) is 44.7 Å². The number of halogens is 1. The zero-order valence-electron chi connectivity index (χ0n) is 6.41. The summed E-state index contributed by atoms with van der Waals surface area (Å²) in [5.74, 6) is 1.01. The van der Waals surface area contributed by atoms with E-state index in [-0.39, 0.29) is 0 Å². The Balaban J connectivity index is 2.02. The second-order valence-electron chi connectivity index (χ2n) is 3.02. The molecule has 2 heteroatoms. The average molecular weight is 206 g/mol. The normalized spacial score (nSPS) is 21.3. The maximum absolute atomic E-state index is 3.46. The van der Waals surface area contributed by atoms with Gasteiger partial charge in [0, 0.05) is 5.33 Å². The minimum atomic E-state index is 1.01. The van der Waals surface area contributed by atoms with Gasteiger partial charge in [0.25, 0.3) is 0 Å². The molecule has 0 aromatic carbocycles.